The lowest BCUT2D eigenvalue weighted by Crippen LogP contribution is -2.07. The Labute approximate surface area is 113 Å². The van der Waals surface area contributed by atoms with E-state index in [2.05, 4.69) is 4.74 Å². The highest BCUT2D eigenvalue weighted by Gasteiger charge is 2.22. The van der Waals surface area contributed by atoms with E-state index < -0.39 is 23.4 Å². The predicted molar refractivity (Wildman–Crippen MR) is 69.9 cm³/mol. The van der Waals surface area contributed by atoms with E-state index in [0.717, 1.165) is 5.56 Å². The molecule has 0 atom stereocenters. The molecule has 0 aromatic heterocycles. The van der Waals surface area contributed by atoms with Crippen LogP contribution in [0.1, 0.15) is 10.4 Å². The van der Waals surface area contributed by atoms with E-state index in [1.165, 1.54) is 12.1 Å². The first-order chi connectivity index (χ1) is 9.63. The maximum atomic E-state index is 12.0. The van der Waals surface area contributed by atoms with Gasteiger partial charge in [-0.2, -0.15) is 0 Å². The number of esters is 1. The van der Waals surface area contributed by atoms with Gasteiger partial charge in [0.05, 0.1) is 4.92 Å². The number of carbonyl (C=O) groups is 1. The van der Waals surface area contributed by atoms with Gasteiger partial charge in [0.1, 0.15) is 5.56 Å². The molecule has 102 valence electrons. The first kappa shape index (κ1) is 13.7. The zero-order valence-electron chi connectivity index (χ0n) is 10.3. The topological polar surface area (TPSA) is 69.4 Å². The fourth-order valence-electron chi connectivity index (χ4n) is 1.79. The molecule has 2 aromatic rings. The molecule has 20 heavy (non-hydrogen) atoms. The summed E-state index contributed by atoms with van der Waals surface area (Å²) in [6, 6.07) is 13.1. The minimum absolute atomic E-state index is 0.271. The Bertz CT molecular complexity index is 643. The van der Waals surface area contributed by atoms with Gasteiger partial charge < -0.3 is 4.74 Å². The van der Waals surface area contributed by atoms with Crippen molar-refractivity contribution < 1.29 is 18.8 Å². The molecule has 2 rings (SSSR count). The molecule has 0 aliphatic heterocycles. The van der Waals surface area contributed by atoms with Gasteiger partial charge in [0.15, 0.2) is 0 Å². The molecule has 0 bridgehead atoms. The number of nitrogens with zero attached hydrogens (tertiary/aromatic N) is 1. The Morgan fingerprint density at radius 1 is 1.15 bits per heavy atom. The smallest absolute Gasteiger partial charge is 0.347 e. The second kappa shape index (κ2) is 5.92. The molecule has 0 aliphatic carbocycles. The average Bonchev–Trinajstić information content (AvgIpc) is 2.47. The van der Waals surface area contributed by atoms with Crippen LogP contribution < -0.4 is 0 Å². The molecule has 6 heteroatoms. The number of halogens is 1. The van der Waals surface area contributed by atoms with Gasteiger partial charge in [-0.15, -0.1) is 0 Å². The van der Waals surface area contributed by atoms with Crippen LogP contribution in [0, 0.1) is 10.1 Å². The molecule has 5 nitrogen and oxygen atoms in total. The molecule has 0 saturated heterocycles. The van der Waals surface area contributed by atoms with E-state index in [1.54, 1.807) is 30.3 Å². The maximum absolute atomic E-state index is 12.0. The molecule has 0 saturated carbocycles. The standard InChI is InChI=1S/C14H10FNO4/c15-9-20-14(17)12-7-6-11(8-13(12)16(18)19)10-4-2-1-3-5-10/h1-8H,9H2. The van der Waals surface area contributed by atoms with Crippen molar-refractivity contribution in [1.82, 2.24) is 0 Å². The van der Waals surface area contributed by atoms with E-state index >= 15 is 0 Å². The number of hydrogen-bond acceptors (Lipinski definition) is 4. The van der Waals surface area contributed by atoms with Crippen molar-refractivity contribution in [3.05, 3.63) is 64.2 Å². The third kappa shape index (κ3) is 2.80. The quantitative estimate of drug-likeness (QED) is 0.487. The second-order valence-electron chi connectivity index (χ2n) is 3.90. The van der Waals surface area contributed by atoms with Gasteiger partial charge >= 0.3 is 5.97 Å². The van der Waals surface area contributed by atoms with Gasteiger partial charge in [-0.1, -0.05) is 36.4 Å². The summed E-state index contributed by atoms with van der Waals surface area (Å²) in [5, 5.41) is 11.0. The Morgan fingerprint density at radius 2 is 1.85 bits per heavy atom. The minimum atomic E-state index is -1.32. The van der Waals surface area contributed by atoms with Crippen LogP contribution in [0.3, 0.4) is 0 Å². The predicted octanol–water partition coefficient (Wildman–Crippen LogP) is 3.35. The van der Waals surface area contributed by atoms with Crippen molar-refractivity contribution in [2.24, 2.45) is 0 Å². The average molecular weight is 275 g/mol. The molecule has 0 spiro atoms. The summed E-state index contributed by atoms with van der Waals surface area (Å²) in [5.74, 6) is -1.06. The molecular weight excluding hydrogens is 265 g/mol. The van der Waals surface area contributed by atoms with Crippen LogP contribution in [0.2, 0.25) is 0 Å². The van der Waals surface area contributed by atoms with Gasteiger partial charge in [-0.25, -0.2) is 9.18 Å². The van der Waals surface area contributed by atoms with Crippen LogP contribution in [0.5, 0.6) is 0 Å². The highest BCUT2D eigenvalue weighted by atomic mass is 19.1. The van der Waals surface area contributed by atoms with Crippen molar-refractivity contribution >= 4 is 11.7 Å². The van der Waals surface area contributed by atoms with Gasteiger partial charge in [0.25, 0.3) is 5.69 Å². The van der Waals surface area contributed by atoms with E-state index in [9.17, 15) is 19.3 Å². The second-order valence-corrected chi connectivity index (χ2v) is 3.90. The van der Waals surface area contributed by atoms with Crippen LogP contribution in [0.25, 0.3) is 11.1 Å². The molecule has 0 amide bonds. The SMILES string of the molecule is O=C(OCF)c1ccc(-c2ccccc2)cc1[N+](=O)[O-]. The minimum Gasteiger partial charge on any atom is -0.430 e. The monoisotopic (exact) mass is 275 g/mol. The van der Waals surface area contributed by atoms with Crippen molar-refractivity contribution in [3.8, 4) is 11.1 Å². The van der Waals surface area contributed by atoms with Crippen molar-refractivity contribution in [3.63, 3.8) is 0 Å². The first-order valence-corrected chi connectivity index (χ1v) is 5.70. The molecule has 2 aromatic carbocycles. The molecular formula is C14H10FNO4. The van der Waals surface area contributed by atoms with Crippen molar-refractivity contribution in [2.75, 3.05) is 6.86 Å². The lowest BCUT2D eigenvalue weighted by molar-refractivity contribution is -0.385. The van der Waals surface area contributed by atoms with E-state index in [1.807, 2.05) is 6.07 Å². The Morgan fingerprint density at radius 3 is 2.45 bits per heavy atom. The number of nitro benzene ring substituents is 1. The number of nitro groups is 1. The normalized spacial score (nSPS) is 10.1. The first-order valence-electron chi connectivity index (χ1n) is 5.70. The largest absolute Gasteiger partial charge is 0.430 e. The molecule has 0 aliphatic rings. The fraction of sp³-hybridized carbons (Fsp3) is 0.0714. The molecule has 0 heterocycles. The van der Waals surface area contributed by atoms with Crippen molar-refractivity contribution in [2.45, 2.75) is 0 Å². The number of benzene rings is 2. The lowest BCUT2D eigenvalue weighted by Gasteiger charge is -2.05. The van der Waals surface area contributed by atoms with E-state index in [4.69, 9.17) is 0 Å². The molecule has 0 N–H and O–H groups in total. The number of ether oxygens (including phenoxy) is 1. The third-order valence-electron chi connectivity index (χ3n) is 2.71. The van der Waals surface area contributed by atoms with Crippen LogP contribution >= 0.6 is 0 Å². The Kier molecular flexibility index (Phi) is 4.05. The summed E-state index contributed by atoms with van der Waals surface area (Å²) in [5.41, 5.74) is 0.687. The van der Waals surface area contributed by atoms with Crippen molar-refractivity contribution in [1.29, 1.82) is 0 Å². The molecule has 0 unspecified atom stereocenters. The summed E-state index contributed by atoms with van der Waals surface area (Å²) in [4.78, 5) is 21.8. The van der Waals surface area contributed by atoms with Gasteiger partial charge in [0, 0.05) is 6.07 Å². The highest BCUT2D eigenvalue weighted by Crippen LogP contribution is 2.27. The summed E-state index contributed by atoms with van der Waals surface area (Å²) in [6.45, 7) is -1.32. The van der Waals surface area contributed by atoms with Gasteiger partial charge in [-0.05, 0) is 17.2 Å². The van der Waals surface area contributed by atoms with E-state index in [-0.39, 0.29) is 5.56 Å². The number of rotatable bonds is 4. The highest BCUT2D eigenvalue weighted by molar-refractivity contribution is 5.94. The number of hydrogen-bond donors (Lipinski definition) is 0. The summed E-state index contributed by atoms with van der Waals surface area (Å²) in [7, 11) is 0. The van der Waals surface area contributed by atoms with Gasteiger partial charge in [-0.3, -0.25) is 10.1 Å². The van der Waals surface area contributed by atoms with Crippen LogP contribution in [0.4, 0.5) is 10.1 Å². The zero-order valence-corrected chi connectivity index (χ0v) is 10.3. The maximum Gasteiger partial charge on any atom is 0.347 e. The van der Waals surface area contributed by atoms with E-state index in [0.29, 0.717) is 5.56 Å². The summed E-state index contributed by atoms with van der Waals surface area (Å²) in [6.07, 6.45) is 0. The van der Waals surface area contributed by atoms with Gasteiger partial charge in [0.2, 0.25) is 6.86 Å². The number of carbonyl (C=O) groups excluding carboxylic acids is 1. The molecule has 0 radical (unpaired) electrons. The van der Waals surface area contributed by atoms with Crippen LogP contribution in [0.15, 0.2) is 48.5 Å². The summed E-state index contributed by atoms with van der Waals surface area (Å²) >= 11 is 0. The lowest BCUT2D eigenvalue weighted by atomic mass is 10.0. The van der Waals surface area contributed by atoms with Crippen LogP contribution in [-0.4, -0.2) is 17.8 Å². The zero-order chi connectivity index (χ0) is 14.5. The fourth-order valence-corrected chi connectivity index (χ4v) is 1.79. The Hall–Kier alpha value is -2.76. The molecule has 0 fully saturated rings. The third-order valence-corrected chi connectivity index (χ3v) is 2.71. The Balaban J connectivity index is 2.48. The van der Waals surface area contributed by atoms with Crippen LogP contribution in [-0.2, 0) is 4.74 Å². The number of alkyl halides is 1. The summed E-state index contributed by atoms with van der Waals surface area (Å²) < 4.78 is 16.1.